The molecule has 0 unspecified atom stereocenters. The normalized spacial score (nSPS) is 13.5. The molecule has 0 aliphatic carbocycles. The van der Waals surface area contributed by atoms with Gasteiger partial charge in [0.15, 0.2) is 5.82 Å². The van der Waals surface area contributed by atoms with E-state index in [4.69, 9.17) is 9.47 Å². The smallest absolute Gasteiger partial charge is 0.263 e. The van der Waals surface area contributed by atoms with Gasteiger partial charge in [0, 0.05) is 37.6 Å². The molecule has 32 heavy (non-hydrogen) atoms. The lowest BCUT2D eigenvalue weighted by Crippen LogP contribution is -2.30. The molecular weight excluding hydrogens is 404 g/mol. The van der Waals surface area contributed by atoms with Crippen molar-refractivity contribution >= 4 is 11.7 Å². The zero-order chi connectivity index (χ0) is 22.2. The molecule has 1 aliphatic heterocycles. The zero-order valence-corrected chi connectivity index (χ0v) is 18.3. The SMILES string of the molecule is CCOc1ccc(CNC(=O)c2ccc(Oc3nccnc3N3CCCCC3)cc2)cc1. The minimum atomic E-state index is -0.140. The average molecular weight is 433 g/mol. The number of carbonyl (C=O) groups is 1. The number of aromatic nitrogens is 2. The molecule has 0 radical (unpaired) electrons. The van der Waals surface area contributed by atoms with Crippen LogP contribution in [0, 0.1) is 0 Å². The molecule has 7 nitrogen and oxygen atoms in total. The molecule has 0 atom stereocenters. The highest BCUT2D eigenvalue weighted by Crippen LogP contribution is 2.29. The molecule has 1 saturated heterocycles. The summed E-state index contributed by atoms with van der Waals surface area (Å²) in [6.45, 7) is 4.95. The lowest BCUT2D eigenvalue weighted by Gasteiger charge is -2.28. The van der Waals surface area contributed by atoms with Crippen molar-refractivity contribution in [1.29, 1.82) is 0 Å². The number of piperidine rings is 1. The first kappa shape index (κ1) is 21.6. The van der Waals surface area contributed by atoms with E-state index in [2.05, 4.69) is 20.2 Å². The molecule has 2 aromatic carbocycles. The van der Waals surface area contributed by atoms with Gasteiger partial charge in [0.1, 0.15) is 11.5 Å². The van der Waals surface area contributed by atoms with E-state index in [1.54, 1.807) is 36.7 Å². The van der Waals surface area contributed by atoms with Crippen LogP contribution in [0.4, 0.5) is 5.82 Å². The minimum Gasteiger partial charge on any atom is -0.494 e. The van der Waals surface area contributed by atoms with Crippen LogP contribution in [0.1, 0.15) is 42.1 Å². The number of ether oxygens (including phenoxy) is 2. The summed E-state index contributed by atoms with van der Waals surface area (Å²) in [5.74, 6) is 2.56. The fourth-order valence-electron chi connectivity index (χ4n) is 3.65. The molecule has 1 amide bonds. The Kier molecular flexibility index (Phi) is 7.17. The van der Waals surface area contributed by atoms with Gasteiger partial charge in [-0.05, 0) is 68.1 Å². The van der Waals surface area contributed by atoms with Gasteiger partial charge in [-0.2, -0.15) is 0 Å². The van der Waals surface area contributed by atoms with Crippen LogP contribution in [0.15, 0.2) is 60.9 Å². The van der Waals surface area contributed by atoms with Crippen LogP contribution in [-0.4, -0.2) is 35.6 Å². The third-order valence-electron chi connectivity index (χ3n) is 5.32. The summed E-state index contributed by atoms with van der Waals surface area (Å²) < 4.78 is 11.4. The molecule has 166 valence electrons. The second kappa shape index (κ2) is 10.6. The average Bonchev–Trinajstić information content (AvgIpc) is 2.85. The van der Waals surface area contributed by atoms with E-state index in [0.29, 0.717) is 30.3 Å². The van der Waals surface area contributed by atoms with E-state index in [-0.39, 0.29) is 5.91 Å². The fraction of sp³-hybridized carbons (Fsp3) is 0.320. The fourth-order valence-corrected chi connectivity index (χ4v) is 3.65. The molecule has 0 spiro atoms. The van der Waals surface area contributed by atoms with Gasteiger partial charge in [-0.3, -0.25) is 4.79 Å². The summed E-state index contributed by atoms with van der Waals surface area (Å²) in [7, 11) is 0. The molecular formula is C25H28N4O3. The van der Waals surface area contributed by atoms with Crippen molar-refractivity contribution in [3.63, 3.8) is 0 Å². The molecule has 1 N–H and O–H groups in total. The summed E-state index contributed by atoms with van der Waals surface area (Å²) in [4.78, 5) is 23.6. The van der Waals surface area contributed by atoms with Crippen LogP contribution >= 0.6 is 0 Å². The van der Waals surface area contributed by atoms with Crippen molar-refractivity contribution in [2.75, 3.05) is 24.6 Å². The van der Waals surface area contributed by atoms with E-state index in [0.717, 1.165) is 43.1 Å². The maximum absolute atomic E-state index is 12.5. The number of benzene rings is 2. The standard InChI is InChI=1S/C25H28N4O3/c1-2-31-21-10-6-19(7-11-21)18-28-24(30)20-8-12-22(13-9-20)32-25-23(26-14-15-27-25)29-16-4-3-5-17-29/h6-15H,2-5,16-18H2,1H3,(H,28,30). The number of amides is 1. The number of rotatable bonds is 8. The van der Waals surface area contributed by atoms with E-state index in [1.165, 1.54) is 6.42 Å². The van der Waals surface area contributed by atoms with Gasteiger partial charge in [0.2, 0.25) is 0 Å². The van der Waals surface area contributed by atoms with E-state index < -0.39 is 0 Å². The number of hydrogen-bond donors (Lipinski definition) is 1. The minimum absolute atomic E-state index is 0.140. The van der Waals surface area contributed by atoms with Crippen molar-refractivity contribution in [2.24, 2.45) is 0 Å². The van der Waals surface area contributed by atoms with Crippen molar-refractivity contribution in [2.45, 2.75) is 32.7 Å². The van der Waals surface area contributed by atoms with E-state index >= 15 is 0 Å². The highest BCUT2D eigenvalue weighted by atomic mass is 16.5. The molecule has 0 saturated carbocycles. The maximum Gasteiger partial charge on any atom is 0.263 e. The van der Waals surface area contributed by atoms with Crippen LogP contribution in [0.3, 0.4) is 0 Å². The highest BCUT2D eigenvalue weighted by molar-refractivity contribution is 5.94. The largest absolute Gasteiger partial charge is 0.494 e. The second-order valence-electron chi connectivity index (χ2n) is 7.62. The van der Waals surface area contributed by atoms with Gasteiger partial charge in [0.25, 0.3) is 11.8 Å². The van der Waals surface area contributed by atoms with Crippen LogP contribution in [0.5, 0.6) is 17.4 Å². The van der Waals surface area contributed by atoms with Crippen molar-refractivity contribution in [1.82, 2.24) is 15.3 Å². The lowest BCUT2D eigenvalue weighted by atomic mass is 10.1. The third kappa shape index (κ3) is 5.55. The Morgan fingerprint density at radius 3 is 2.34 bits per heavy atom. The molecule has 1 aliphatic rings. The molecule has 7 heteroatoms. The van der Waals surface area contributed by atoms with Gasteiger partial charge in [-0.1, -0.05) is 12.1 Å². The second-order valence-corrected chi connectivity index (χ2v) is 7.62. The summed E-state index contributed by atoms with van der Waals surface area (Å²) in [6, 6.07) is 14.8. The van der Waals surface area contributed by atoms with E-state index in [9.17, 15) is 4.79 Å². The molecule has 1 aromatic heterocycles. The molecule has 1 fully saturated rings. The Bertz CT molecular complexity index is 1020. The number of nitrogens with one attached hydrogen (secondary N) is 1. The van der Waals surface area contributed by atoms with Crippen LogP contribution in [0.2, 0.25) is 0 Å². The molecule has 4 rings (SSSR count). The Balaban J connectivity index is 1.35. The number of anilines is 1. The van der Waals surface area contributed by atoms with Gasteiger partial charge in [0.05, 0.1) is 6.61 Å². The van der Waals surface area contributed by atoms with Gasteiger partial charge < -0.3 is 19.7 Å². The third-order valence-corrected chi connectivity index (χ3v) is 5.32. The Hall–Kier alpha value is -3.61. The summed E-state index contributed by atoms with van der Waals surface area (Å²) in [5, 5.41) is 2.94. The highest BCUT2D eigenvalue weighted by Gasteiger charge is 2.18. The number of carbonyl (C=O) groups excluding carboxylic acids is 1. The van der Waals surface area contributed by atoms with Crippen LogP contribution < -0.4 is 19.7 Å². The monoisotopic (exact) mass is 432 g/mol. The maximum atomic E-state index is 12.5. The van der Waals surface area contributed by atoms with E-state index in [1.807, 2.05) is 31.2 Å². The van der Waals surface area contributed by atoms with Gasteiger partial charge in [-0.25, -0.2) is 9.97 Å². The number of hydrogen-bond acceptors (Lipinski definition) is 6. The first-order chi connectivity index (χ1) is 15.7. The zero-order valence-electron chi connectivity index (χ0n) is 18.3. The van der Waals surface area contributed by atoms with Crippen molar-refractivity contribution < 1.29 is 14.3 Å². The van der Waals surface area contributed by atoms with Gasteiger partial charge in [-0.15, -0.1) is 0 Å². The van der Waals surface area contributed by atoms with Crippen molar-refractivity contribution in [3.8, 4) is 17.4 Å². The van der Waals surface area contributed by atoms with Crippen LogP contribution in [0.25, 0.3) is 0 Å². The predicted molar refractivity (Wildman–Crippen MR) is 123 cm³/mol. The summed E-state index contributed by atoms with van der Waals surface area (Å²) >= 11 is 0. The summed E-state index contributed by atoms with van der Waals surface area (Å²) in [6.07, 6.45) is 6.86. The topological polar surface area (TPSA) is 76.6 Å². The Labute approximate surface area is 188 Å². The number of nitrogens with zero attached hydrogens (tertiary/aromatic N) is 3. The van der Waals surface area contributed by atoms with Gasteiger partial charge >= 0.3 is 0 Å². The first-order valence-corrected chi connectivity index (χ1v) is 11.1. The first-order valence-electron chi connectivity index (χ1n) is 11.1. The van der Waals surface area contributed by atoms with Crippen LogP contribution in [-0.2, 0) is 6.54 Å². The van der Waals surface area contributed by atoms with Crippen molar-refractivity contribution in [3.05, 3.63) is 72.1 Å². The lowest BCUT2D eigenvalue weighted by molar-refractivity contribution is 0.0951. The molecule has 0 bridgehead atoms. The summed E-state index contributed by atoms with van der Waals surface area (Å²) in [5.41, 5.74) is 1.58. The quantitative estimate of drug-likeness (QED) is 0.561. The molecule has 3 aromatic rings. The predicted octanol–water partition coefficient (Wildman–Crippen LogP) is 4.59. The Morgan fingerprint density at radius 2 is 1.62 bits per heavy atom. The molecule has 2 heterocycles. The Morgan fingerprint density at radius 1 is 0.938 bits per heavy atom.